The van der Waals surface area contributed by atoms with E-state index in [2.05, 4.69) is 10.2 Å². The summed E-state index contributed by atoms with van der Waals surface area (Å²) < 4.78 is 32.2. The lowest BCUT2D eigenvalue weighted by Gasteiger charge is -2.49. The largest absolute Gasteiger partial charge is 0.469 e. The molecule has 2 amide bonds. The molecule has 5 rings (SSSR count). The Hall–Kier alpha value is -3.77. The van der Waals surface area contributed by atoms with E-state index >= 15 is 0 Å². The first-order valence-electron chi connectivity index (χ1n) is 14.8. The van der Waals surface area contributed by atoms with Gasteiger partial charge in [-0.05, 0) is 53.3 Å². The fraction of sp³-hybridized carbons (Fsp3) is 0.364. The van der Waals surface area contributed by atoms with Crippen LogP contribution in [0.1, 0.15) is 70.3 Å². The summed E-state index contributed by atoms with van der Waals surface area (Å²) in [6.45, 7) is 0.0653. The van der Waals surface area contributed by atoms with Crippen LogP contribution in [0.4, 0.5) is 0 Å². The third-order valence-electron chi connectivity index (χ3n) is 8.33. The van der Waals surface area contributed by atoms with Gasteiger partial charge in [0.1, 0.15) is 0 Å². The number of carbonyl (C=O) groups is 3. The van der Waals surface area contributed by atoms with E-state index in [4.69, 9.17) is 21.2 Å². The number of halogens is 1. The van der Waals surface area contributed by atoms with Crippen LogP contribution >= 0.6 is 11.6 Å². The van der Waals surface area contributed by atoms with Gasteiger partial charge in [-0.3, -0.25) is 19.2 Å². The standard InChI is InChI=1S/C33H36ClN3O7S/c1-43-29(38)19-21-11-13-22(14-12-21)20-44-35-32(39)30-25-7-3-4-8-26(25)33(40)37(31(30)23-15-17-24(34)18-16-23)28-10-6-5-9-27(28)36-45(2,41)42/h3-4,7-8,11-18,27-28,30-31,36H,5-6,9-10,19-20H2,1-2H3,(H,35,39)/t27-,28-,30+,31-/m0/s1. The molecular formula is C33H36ClN3O7S. The molecule has 238 valence electrons. The second-order valence-electron chi connectivity index (χ2n) is 11.4. The van der Waals surface area contributed by atoms with E-state index in [0.717, 1.165) is 30.2 Å². The Morgan fingerprint density at radius 2 is 1.62 bits per heavy atom. The van der Waals surface area contributed by atoms with Gasteiger partial charge < -0.3 is 9.64 Å². The number of carbonyl (C=O) groups excluding carboxylic acids is 3. The molecule has 1 saturated carbocycles. The second-order valence-corrected chi connectivity index (χ2v) is 13.7. The predicted octanol–water partition coefficient (Wildman–Crippen LogP) is 4.44. The molecule has 0 radical (unpaired) electrons. The summed E-state index contributed by atoms with van der Waals surface area (Å²) in [5.41, 5.74) is 5.79. The van der Waals surface area contributed by atoms with E-state index in [1.54, 1.807) is 77.7 Å². The Bertz CT molecular complexity index is 1650. The molecule has 0 saturated heterocycles. The van der Waals surface area contributed by atoms with Crippen LogP contribution in [0.5, 0.6) is 0 Å². The monoisotopic (exact) mass is 653 g/mol. The molecule has 2 aliphatic rings. The predicted molar refractivity (Wildman–Crippen MR) is 169 cm³/mol. The summed E-state index contributed by atoms with van der Waals surface area (Å²) in [5.74, 6) is -1.93. The number of nitrogens with zero attached hydrogens (tertiary/aromatic N) is 1. The number of sulfonamides is 1. The summed E-state index contributed by atoms with van der Waals surface area (Å²) in [6, 6.07) is 19.4. The number of nitrogens with one attached hydrogen (secondary N) is 2. The third-order valence-corrected chi connectivity index (χ3v) is 9.32. The molecule has 3 aromatic carbocycles. The number of benzene rings is 3. The highest BCUT2D eigenvalue weighted by Gasteiger charge is 2.49. The molecular weight excluding hydrogens is 618 g/mol. The lowest BCUT2D eigenvalue weighted by atomic mass is 9.76. The van der Waals surface area contributed by atoms with Gasteiger partial charge in [0.25, 0.3) is 11.8 Å². The molecule has 12 heteroatoms. The number of hydroxylamine groups is 1. The Morgan fingerprint density at radius 1 is 0.956 bits per heavy atom. The Kier molecular flexibility index (Phi) is 10.2. The summed E-state index contributed by atoms with van der Waals surface area (Å²) in [6.07, 6.45) is 4.03. The van der Waals surface area contributed by atoms with E-state index < -0.39 is 40.0 Å². The molecule has 3 aromatic rings. The molecule has 0 spiro atoms. The first-order chi connectivity index (χ1) is 21.6. The van der Waals surface area contributed by atoms with Gasteiger partial charge in [0.2, 0.25) is 10.0 Å². The number of esters is 1. The molecule has 0 aromatic heterocycles. The molecule has 45 heavy (non-hydrogen) atoms. The van der Waals surface area contributed by atoms with Crippen LogP contribution < -0.4 is 10.2 Å². The first-order valence-corrected chi connectivity index (χ1v) is 17.0. The van der Waals surface area contributed by atoms with Gasteiger partial charge in [0, 0.05) is 22.7 Å². The summed E-state index contributed by atoms with van der Waals surface area (Å²) >= 11 is 6.23. The van der Waals surface area contributed by atoms with Gasteiger partial charge in [-0.15, -0.1) is 0 Å². The van der Waals surface area contributed by atoms with Crippen molar-refractivity contribution in [3.8, 4) is 0 Å². The molecule has 1 heterocycles. The lowest BCUT2D eigenvalue weighted by molar-refractivity contribution is -0.140. The zero-order valence-corrected chi connectivity index (χ0v) is 26.6. The van der Waals surface area contributed by atoms with Gasteiger partial charge in [0.15, 0.2) is 0 Å². The van der Waals surface area contributed by atoms with Crippen molar-refractivity contribution in [2.24, 2.45) is 0 Å². The number of fused-ring (bicyclic) bond motifs is 1. The van der Waals surface area contributed by atoms with Crippen LogP contribution in [0.15, 0.2) is 72.8 Å². The van der Waals surface area contributed by atoms with E-state index in [-0.39, 0.29) is 24.9 Å². The summed E-state index contributed by atoms with van der Waals surface area (Å²) in [5, 5.41) is 0.504. The average Bonchev–Trinajstić information content (AvgIpc) is 3.02. The molecule has 1 fully saturated rings. The highest BCUT2D eigenvalue weighted by molar-refractivity contribution is 7.88. The highest BCUT2D eigenvalue weighted by atomic mass is 35.5. The van der Waals surface area contributed by atoms with Gasteiger partial charge in [-0.1, -0.05) is 79.0 Å². The van der Waals surface area contributed by atoms with Gasteiger partial charge in [-0.25, -0.2) is 18.6 Å². The number of methoxy groups -OCH3 is 1. The van der Waals surface area contributed by atoms with E-state index in [9.17, 15) is 22.8 Å². The normalized spacial score (nSPS) is 21.6. The van der Waals surface area contributed by atoms with Crippen LogP contribution in [0.2, 0.25) is 5.02 Å². The van der Waals surface area contributed by atoms with Crippen molar-refractivity contribution < 1.29 is 32.4 Å². The third kappa shape index (κ3) is 7.73. The number of amides is 2. The van der Waals surface area contributed by atoms with Crippen molar-refractivity contribution in [3.05, 3.63) is 106 Å². The van der Waals surface area contributed by atoms with Crippen molar-refractivity contribution >= 4 is 39.4 Å². The minimum atomic E-state index is -3.57. The zero-order chi connectivity index (χ0) is 32.1. The van der Waals surface area contributed by atoms with Crippen molar-refractivity contribution in [1.82, 2.24) is 15.1 Å². The molecule has 1 aliphatic heterocycles. The maximum absolute atomic E-state index is 14.3. The Balaban J connectivity index is 1.47. The highest BCUT2D eigenvalue weighted by Crippen LogP contribution is 2.46. The van der Waals surface area contributed by atoms with Crippen molar-refractivity contribution in [2.45, 2.75) is 62.8 Å². The maximum Gasteiger partial charge on any atom is 0.309 e. The van der Waals surface area contributed by atoms with Gasteiger partial charge >= 0.3 is 5.97 Å². The Labute approximate surface area is 268 Å². The van der Waals surface area contributed by atoms with Crippen molar-refractivity contribution in [2.75, 3.05) is 13.4 Å². The molecule has 0 bridgehead atoms. The van der Waals surface area contributed by atoms with E-state index in [1.165, 1.54) is 7.11 Å². The molecule has 10 nitrogen and oxygen atoms in total. The molecule has 1 aliphatic carbocycles. The first kappa shape index (κ1) is 32.6. The number of rotatable bonds is 10. The minimum Gasteiger partial charge on any atom is -0.469 e. The van der Waals surface area contributed by atoms with E-state index in [1.807, 2.05) is 0 Å². The van der Waals surface area contributed by atoms with Crippen LogP contribution in [0.3, 0.4) is 0 Å². The van der Waals surface area contributed by atoms with Crippen molar-refractivity contribution in [1.29, 1.82) is 0 Å². The van der Waals surface area contributed by atoms with E-state index in [0.29, 0.717) is 34.6 Å². The molecule has 0 unspecified atom stereocenters. The number of hydrogen-bond donors (Lipinski definition) is 2. The summed E-state index contributed by atoms with van der Waals surface area (Å²) in [4.78, 5) is 47.3. The number of ether oxygens (including phenoxy) is 1. The lowest BCUT2D eigenvalue weighted by Crippen LogP contribution is -2.59. The average molecular weight is 654 g/mol. The SMILES string of the molecule is COC(=O)Cc1ccc(CONC(=O)[C@@H]2c3ccccc3C(=O)N([C@H]3CCCC[C@@H]3NS(C)(=O)=O)[C@H]2c2ccc(Cl)cc2)cc1. The fourth-order valence-electron chi connectivity index (χ4n) is 6.32. The zero-order valence-electron chi connectivity index (χ0n) is 25.1. The minimum absolute atomic E-state index is 0.0653. The molecule has 2 N–H and O–H groups in total. The quantitative estimate of drug-likeness (QED) is 0.244. The van der Waals surface area contributed by atoms with Crippen molar-refractivity contribution in [3.63, 3.8) is 0 Å². The van der Waals surface area contributed by atoms with Crippen LogP contribution in [-0.2, 0) is 42.2 Å². The van der Waals surface area contributed by atoms with Crippen LogP contribution in [0.25, 0.3) is 0 Å². The Morgan fingerprint density at radius 3 is 2.31 bits per heavy atom. The van der Waals surface area contributed by atoms with Gasteiger partial charge in [0.05, 0.1) is 38.4 Å². The van der Waals surface area contributed by atoms with Crippen LogP contribution in [0, 0.1) is 0 Å². The maximum atomic E-state index is 14.3. The number of hydrogen-bond acceptors (Lipinski definition) is 7. The molecule has 4 atom stereocenters. The fourth-order valence-corrected chi connectivity index (χ4v) is 7.27. The summed E-state index contributed by atoms with van der Waals surface area (Å²) in [7, 11) is -2.23. The van der Waals surface area contributed by atoms with Gasteiger partial charge in [-0.2, -0.15) is 0 Å². The topological polar surface area (TPSA) is 131 Å². The second kappa shape index (κ2) is 14.1. The smallest absolute Gasteiger partial charge is 0.309 e. The van der Waals surface area contributed by atoms with Crippen LogP contribution in [-0.4, -0.2) is 56.6 Å².